The Balaban J connectivity index is 1.67. The van der Waals surface area contributed by atoms with Crippen LogP contribution in [0.25, 0.3) is 5.69 Å². The van der Waals surface area contributed by atoms with Gasteiger partial charge in [-0.3, -0.25) is 9.59 Å². The van der Waals surface area contributed by atoms with E-state index in [2.05, 4.69) is 18.9 Å². The molecule has 1 saturated heterocycles. The van der Waals surface area contributed by atoms with Crippen LogP contribution in [0.4, 0.5) is 0 Å². The van der Waals surface area contributed by atoms with Crippen LogP contribution in [0.5, 0.6) is 0 Å². The Labute approximate surface area is 164 Å². The monoisotopic (exact) mass is 382 g/mol. The number of aryl methyl sites for hydroxylation is 1. The van der Waals surface area contributed by atoms with Crippen molar-refractivity contribution in [3.63, 3.8) is 0 Å². The van der Waals surface area contributed by atoms with Gasteiger partial charge in [-0.15, -0.1) is 0 Å². The van der Waals surface area contributed by atoms with Crippen LogP contribution in [0.3, 0.4) is 0 Å². The van der Waals surface area contributed by atoms with Crippen molar-refractivity contribution >= 4 is 11.8 Å². The molecule has 2 aromatic rings. The van der Waals surface area contributed by atoms with Crippen molar-refractivity contribution in [2.75, 3.05) is 26.8 Å². The van der Waals surface area contributed by atoms with Crippen LogP contribution < -0.4 is 0 Å². The summed E-state index contributed by atoms with van der Waals surface area (Å²) in [5.74, 6) is 0.221. The Kier molecular flexibility index (Phi) is 4.71. The zero-order chi connectivity index (χ0) is 20.0. The molecule has 0 saturated carbocycles. The summed E-state index contributed by atoms with van der Waals surface area (Å²) < 4.78 is 6.71. The number of rotatable bonds is 5. The third kappa shape index (κ3) is 2.81. The van der Waals surface area contributed by atoms with Gasteiger partial charge < -0.3 is 14.5 Å². The second kappa shape index (κ2) is 7.05. The molecule has 0 bridgehead atoms. The Morgan fingerprint density at radius 3 is 2.54 bits per heavy atom. The van der Waals surface area contributed by atoms with Crippen LogP contribution >= 0.6 is 0 Å². The molecule has 7 heteroatoms. The maximum atomic E-state index is 13.5. The van der Waals surface area contributed by atoms with Gasteiger partial charge in [0.25, 0.3) is 5.91 Å². The highest BCUT2D eigenvalue weighted by molar-refractivity contribution is 5.99. The van der Waals surface area contributed by atoms with Crippen LogP contribution in [0, 0.1) is 12.8 Å². The van der Waals surface area contributed by atoms with Gasteiger partial charge in [-0.25, -0.2) is 4.68 Å². The first-order valence-corrected chi connectivity index (χ1v) is 9.68. The third-order valence-corrected chi connectivity index (χ3v) is 5.65. The van der Waals surface area contributed by atoms with Crippen LogP contribution in [-0.4, -0.2) is 64.2 Å². The van der Waals surface area contributed by atoms with Crippen LogP contribution in [0.1, 0.15) is 41.6 Å². The molecule has 1 aromatic carbocycles. The number of hydrogen-bond acceptors (Lipinski definition) is 4. The number of likely N-dealkylation sites (tertiary alicyclic amines) is 1. The van der Waals surface area contributed by atoms with Gasteiger partial charge in [-0.2, -0.15) is 5.10 Å². The largest absolute Gasteiger partial charge is 0.375 e. The number of para-hydroxylation sites is 1. The molecule has 1 fully saturated rings. The van der Waals surface area contributed by atoms with E-state index in [1.54, 1.807) is 9.58 Å². The number of hydrogen-bond donors (Lipinski definition) is 0. The lowest BCUT2D eigenvalue weighted by Gasteiger charge is -2.46. The highest BCUT2D eigenvalue weighted by Gasteiger charge is 2.49. The Bertz CT molecular complexity index is 900. The molecule has 4 rings (SSSR count). The van der Waals surface area contributed by atoms with Crippen LogP contribution in [0.2, 0.25) is 0 Å². The van der Waals surface area contributed by atoms with E-state index in [4.69, 9.17) is 4.74 Å². The SMILES string of the molecule is COCC(=O)N1CC(N2C(=O)c3c(c(C)nn3-c3ccccc3)C2C(C)C)C1. The molecule has 2 aliphatic heterocycles. The van der Waals surface area contributed by atoms with E-state index < -0.39 is 0 Å². The lowest BCUT2D eigenvalue weighted by Crippen LogP contribution is -2.62. The van der Waals surface area contributed by atoms with Gasteiger partial charge in [0.05, 0.1) is 23.5 Å². The molecule has 148 valence electrons. The standard InChI is InChI=1S/C21H26N4O3/c1-13(2)19-18-14(3)22-25(15-8-6-5-7-9-15)20(18)21(27)24(19)16-10-23(11-16)17(26)12-28-4/h5-9,13,16,19H,10-12H2,1-4H3. The van der Waals surface area contributed by atoms with E-state index in [-0.39, 0.29) is 36.4 Å². The van der Waals surface area contributed by atoms with Crippen molar-refractivity contribution in [1.82, 2.24) is 19.6 Å². The van der Waals surface area contributed by atoms with Crippen molar-refractivity contribution in [3.05, 3.63) is 47.3 Å². The maximum Gasteiger partial charge on any atom is 0.273 e. The van der Waals surface area contributed by atoms with Crippen LogP contribution in [-0.2, 0) is 9.53 Å². The molecule has 2 aliphatic rings. The van der Waals surface area contributed by atoms with Crippen molar-refractivity contribution in [1.29, 1.82) is 0 Å². The lowest BCUT2D eigenvalue weighted by molar-refractivity contribution is -0.142. The van der Waals surface area contributed by atoms with Crippen molar-refractivity contribution in [2.24, 2.45) is 5.92 Å². The van der Waals surface area contributed by atoms with E-state index in [0.29, 0.717) is 18.8 Å². The van der Waals surface area contributed by atoms with Gasteiger partial charge in [0, 0.05) is 25.8 Å². The second-order valence-corrected chi connectivity index (χ2v) is 7.88. The number of ether oxygens (including phenoxy) is 1. The van der Waals surface area contributed by atoms with E-state index in [0.717, 1.165) is 16.9 Å². The Morgan fingerprint density at radius 2 is 1.93 bits per heavy atom. The average Bonchev–Trinajstić information content (AvgIpc) is 3.11. The minimum atomic E-state index is -0.0318. The molecule has 0 spiro atoms. The first kappa shape index (κ1) is 18.7. The second-order valence-electron chi connectivity index (χ2n) is 7.88. The number of methoxy groups -OCH3 is 1. The van der Waals surface area contributed by atoms with Crippen molar-refractivity contribution in [2.45, 2.75) is 32.9 Å². The number of carbonyl (C=O) groups is 2. The van der Waals surface area contributed by atoms with Gasteiger partial charge in [-0.05, 0) is 25.0 Å². The molecule has 7 nitrogen and oxygen atoms in total. The highest BCUT2D eigenvalue weighted by Crippen LogP contribution is 2.43. The molecule has 1 aromatic heterocycles. The minimum Gasteiger partial charge on any atom is -0.375 e. The fourth-order valence-electron chi connectivity index (χ4n) is 4.34. The number of carbonyl (C=O) groups excluding carboxylic acids is 2. The number of amides is 2. The summed E-state index contributed by atoms with van der Waals surface area (Å²) in [6, 6.07) is 9.76. The summed E-state index contributed by atoms with van der Waals surface area (Å²) >= 11 is 0. The molecule has 1 unspecified atom stereocenters. The van der Waals surface area contributed by atoms with E-state index in [9.17, 15) is 9.59 Å². The van der Waals surface area contributed by atoms with E-state index in [1.165, 1.54) is 7.11 Å². The number of aromatic nitrogens is 2. The maximum absolute atomic E-state index is 13.5. The Hall–Kier alpha value is -2.67. The molecule has 1 atom stereocenters. The molecule has 0 aliphatic carbocycles. The lowest BCUT2D eigenvalue weighted by atomic mass is 9.94. The predicted octanol–water partition coefficient (Wildman–Crippen LogP) is 2.19. The quantitative estimate of drug-likeness (QED) is 0.795. The number of nitrogens with zero attached hydrogens (tertiary/aromatic N) is 4. The van der Waals surface area contributed by atoms with Crippen molar-refractivity contribution in [3.8, 4) is 5.69 Å². The summed E-state index contributed by atoms with van der Waals surface area (Å²) in [5, 5.41) is 4.68. The van der Waals surface area contributed by atoms with Gasteiger partial charge in [0.1, 0.15) is 12.3 Å². The van der Waals surface area contributed by atoms with Crippen LogP contribution in [0.15, 0.2) is 30.3 Å². The first-order valence-electron chi connectivity index (χ1n) is 9.68. The van der Waals surface area contributed by atoms with Gasteiger partial charge in [-0.1, -0.05) is 32.0 Å². The summed E-state index contributed by atoms with van der Waals surface area (Å²) in [6.07, 6.45) is 0. The van der Waals surface area contributed by atoms with Gasteiger partial charge >= 0.3 is 0 Å². The fourth-order valence-corrected chi connectivity index (χ4v) is 4.34. The molecular weight excluding hydrogens is 356 g/mol. The number of benzene rings is 1. The van der Waals surface area contributed by atoms with Gasteiger partial charge in [0.2, 0.25) is 5.91 Å². The summed E-state index contributed by atoms with van der Waals surface area (Å²) in [5.41, 5.74) is 3.45. The predicted molar refractivity (Wildman–Crippen MR) is 104 cm³/mol. The Morgan fingerprint density at radius 1 is 1.25 bits per heavy atom. The summed E-state index contributed by atoms with van der Waals surface area (Å²) in [4.78, 5) is 29.2. The zero-order valence-corrected chi connectivity index (χ0v) is 16.8. The fraction of sp³-hybridized carbons (Fsp3) is 0.476. The van der Waals surface area contributed by atoms with Crippen molar-refractivity contribution < 1.29 is 14.3 Å². The smallest absolute Gasteiger partial charge is 0.273 e. The van der Waals surface area contributed by atoms with Gasteiger partial charge in [0.15, 0.2) is 0 Å². The minimum absolute atomic E-state index is 0.00185. The molecule has 0 N–H and O–H groups in total. The molecule has 2 amide bonds. The molecule has 0 radical (unpaired) electrons. The first-order chi connectivity index (χ1) is 13.4. The molecular formula is C21H26N4O3. The zero-order valence-electron chi connectivity index (χ0n) is 16.8. The number of fused-ring (bicyclic) bond motifs is 1. The topological polar surface area (TPSA) is 67.7 Å². The summed E-state index contributed by atoms with van der Waals surface area (Å²) in [6.45, 7) is 7.42. The molecule has 3 heterocycles. The van der Waals surface area contributed by atoms with E-state index in [1.807, 2.05) is 42.2 Å². The third-order valence-electron chi connectivity index (χ3n) is 5.65. The summed E-state index contributed by atoms with van der Waals surface area (Å²) in [7, 11) is 1.52. The van der Waals surface area contributed by atoms with E-state index >= 15 is 0 Å². The normalized spacial score (nSPS) is 19.3. The average molecular weight is 382 g/mol. The molecule has 28 heavy (non-hydrogen) atoms. The highest BCUT2D eigenvalue weighted by atomic mass is 16.5.